The van der Waals surface area contributed by atoms with E-state index in [-0.39, 0.29) is 11.2 Å². The number of nitrogens with zero attached hydrogens (tertiary/aromatic N) is 1. The highest BCUT2D eigenvalue weighted by atomic mass is 32.2. The molecule has 1 heterocycles. The molecular weight excluding hydrogens is 356 g/mol. The Morgan fingerprint density at radius 3 is 2.41 bits per heavy atom. The summed E-state index contributed by atoms with van der Waals surface area (Å²) in [6.45, 7) is 9.70. The molecule has 0 saturated carbocycles. The van der Waals surface area contributed by atoms with Gasteiger partial charge in [0.25, 0.3) is 0 Å². The maximum atomic E-state index is 11.9. The summed E-state index contributed by atoms with van der Waals surface area (Å²) >= 11 is 0. The third-order valence-corrected chi connectivity index (χ3v) is 7.30. The quantitative estimate of drug-likeness (QED) is 0.527. The van der Waals surface area contributed by atoms with Gasteiger partial charge in [-0.15, -0.1) is 0 Å². The molecule has 0 atom stereocenters. The summed E-state index contributed by atoms with van der Waals surface area (Å²) in [7, 11) is -3.23. The molecule has 1 aliphatic rings. The van der Waals surface area contributed by atoms with Crippen LogP contribution in [0.2, 0.25) is 0 Å². The highest BCUT2D eigenvalue weighted by Gasteiger charge is 2.35. The van der Waals surface area contributed by atoms with Crippen LogP contribution in [0.4, 0.5) is 5.69 Å². The lowest BCUT2D eigenvalue weighted by Gasteiger charge is -2.42. The number of benzene rings is 1. The van der Waals surface area contributed by atoms with Crippen molar-refractivity contribution in [3.8, 4) is 0 Å². The molecule has 1 saturated heterocycles. The predicted octanol–water partition coefficient (Wildman–Crippen LogP) is 5.16. The third kappa shape index (κ3) is 6.49. The van der Waals surface area contributed by atoms with Crippen molar-refractivity contribution < 1.29 is 8.42 Å². The van der Waals surface area contributed by atoms with Gasteiger partial charge in [0.15, 0.2) is 0 Å². The van der Waals surface area contributed by atoms with Crippen molar-refractivity contribution in [2.45, 2.75) is 77.6 Å². The van der Waals surface area contributed by atoms with Gasteiger partial charge in [-0.05, 0) is 75.4 Å². The smallest absolute Gasteiger partial charge is 0.232 e. The minimum atomic E-state index is -3.23. The van der Waals surface area contributed by atoms with E-state index in [4.69, 9.17) is 0 Å². The maximum absolute atomic E-state index is 11.9. The van der Waals surface area contributed by atoms with Crippen molar-refractivity contribution in [3.05, 3.63) is 29.8 Å². The van der Waals surface area contributed by atoms with Crippen molar-refractivity contribution in [2.75, 3.05) is 30.1 Å². The number of nitrogens with one attached hydrogen (secondary N) is 1. The summed E-state index contributed by atoms with van der Waals surface area (Å²) in [4.78, 5) is 2.62. The van der Waals surface area contributed by atoms with Gasteiger partial charge >= 0.3 is 0 Å². The third-order valence-electron chi connectivity index (χ3n) is 6.00. The number of hydrogen-bond acceptors (Lipinski definition) is 3. The second kappa shape index (κ2) is 10.5. The van der Waals surface area contributed by atoms with Gasteiger partial charge in [0.05, 0.1) is 5.75 Å². The van der Waals surface area contributed by atoms with Gasteiger partial charge in [0.2, 0.25) is 10.0 Å². The molecule has 1 fully saturated rings. The largest absolute Gasteiger partial charge is 0.303 e. The highest BCUT2D eigenvalue weighted by Crippen LogP contribution is 2.40. The first-order chi connectivity index (χ1) is 12.9. The molecule has 1 aliphatic heterocycles. The standard InChI is InChI=1S/C22H38N2O2S/c1-4-7-8-9-16-24-17-14-22(13-5-2,15-18-24)20-11-10-12-21(19-20)23-27(25,26)6-3/h10-12,19,23H,4-9,13-18H2,1-3H3. The molecule has 1 N–H and O–H groups in total. The van der Waals surface area contributed by atoms with Crippen LogP contribution in [0.5, 0.6) is 0 Å². The number of hydrogen-bond donors (Lipinski definition) is 1. The second-order valence-electron chi connectivity index (χ2n) is 8.02. The molecule has 1 aromatic carbocycles. The van der Waals surface area contributed by atoms with Crippen LogP contribution in [0.1, 0.15) is 77.7 Å². The summed E-state index contributed by atoms with van der Waals surface area (Å²) in [5.74, 6) is 0.102. The van der Waals surface area contributed by atoms with Crippen molar-refractivity contribution in [1.82, 2.24) is 4.90 Å². The number of sulfonamides is 1. The lowest BCUT2D eigenvalue weighted by molar-refractivity contribution is 0.149. The van der Waals surface area contributed by atoms with E-state index < -0.39 is 10.0 Å². The van der Waals surface area contributed by atoms with Crippen LogP contribution in [0.3, 0.4) is 0 Å². The SMILES string of the molecule is CCCCCCN1CCC(CCC)(c2cccc(NS(=O)(=O)CC)c2)CC1. The van der Waals surface area contributed by atoms with E-state index >= 15 is 0 Å². The lowest BCUT2D eigenvalue weighted by Crippen LogP contribution is -2.43. The highest BCUT2D eigenvalue weighted by molar-refractivity contribution is 7.92. The number of piperidine rings is 1. The van der Waals surface area contributed by atoms with Crippen LogP contribution in [0, 0.1) is 0 Å². The van der Waals surface area contributed by atoms with Crippen molar-refractivity contribution in [1.29, 1.82) is 0 Å². The van der Waals surface area contributed by atoms with Crippen molar-refractivity contribution in [3.63, 3.8) is 0 Å². The Balaban J connectivity index is 2.07. The normalized spacial score (nSPS) is 17.7. The Kier molecular flexibility index (Phi) is 8.62. The first-order valence-corrected chi connectivity index (χ1v) is 12.4. The van der Waals surface area contributed by atoms with Crippen LogP contribution < -0.4 is 4.72 Å². The molecule has 5 heteroatoms. The van der Waals surface area contributed by atoms with Gasteiger partial charge in [0.1, 0.15) is 0 Å². The van der Waals surface area contributed by atoms with Gasteiger partial charge in [-0.1, -0.05) is 51.7 Å². The molecule has 27 heavy (non-hydrogen) atoms. The maximum Gasteiger partial charge on any atom is 0.232 e. The molecule has 4 nitrogen and oxygen atoms in total. The van der Waals surface area contributed by atoms with E-state index in [0.29, 0.717) is 5.69 Å². The fourth-order valence-electron chi connectivity index (χ4n) is 4.29. The van der Waals surface area contributed by atoms with Gasteiger partial charge in [-0.3, -0.25) is 4.72 Å². The van der Waals surface area contributed by atoms with Gasteiger partial charge in [0, 0.05) is 5.69 Å². The molecule has 0 aliphatic carbocycles. The van der Waals surface area contributed by atoms with Crippen LogP contribution in [-0.2, 0) is 15.4 Å². The molecule has 1 aromatic rings. The minimum Gasteiger partial charge on any atom is -0.303 e. The van der Waals surface area contributed by atoms with Gasteiger partial charge in [-0.25, -0.2) is 8.42 Å². The van der Waals surface area contributed by atoms with E-state index in [9.17, 15) is 8.42 Å². The van der Waals surface area contributed by atoms with E-state index in [1.54, 1.807) is 6.92 Å². The molecule has 0 unspecified atom stereocenters. The Labute approximate surface area is 166 Å². The molecule has 0 radical (unpaired) electrons. The van der Waals surface area contributed by atoms with E-state index in [1.165, 1.54) is 57.1 Å². The average Bonchev–Trinajstić information content (AvgIpc) is 2.67. The molecule has 0 amide bonds. The number of likely N-dealkylation sites (tertiary alicyclic amines) is 1. The molecule has 154 valence electrons. The Morgan fingerprint density at radius 2 is 1.78 bits per heavy atom. The monoisotopic (exact) mass is 394 g/mol. The summed E-state index contributed by atoms with van der Waals surface area (Å²) in [6, 6.07) is 8.12. The minimum absolute atomic E-state index is 0.102. The lowest BCUT2D eigenvalue weighted by atomic mass is 9.70. The predicted molar refractivity (Wildman–Crippen MR) is 116 cm³/mol. The summed E-state index contributed by atoms with van der Waals surface area (Å²) < 4.78 is 26.6. The summed E-state index contributed by atoms with van der Waals surface area (Å²) in [6.07, 6.45) is 9.93. The van der Waals surface area contributed by atoms with E-state index in [1.807, 2.05) is 12.1 Å². The first-order valence-electron chi connectivity index (χ1n) is 10.8. The topological polar surface area (TPSA) is 49.4 Å². The van der Waals surface area contributed by atoms with E-state index in [0.717, 1.165) is 19.5 Å². The Hall–Kier alpha value is -1.07. The fraction of sp³-hybridized carbons (Fsp3) is 0.727. The van der Waals surface area contributed by atoms with Crippen LogP contribution in [0.15, 0.2) is 24.3 Å². The number of rotatable bonds is 11. The van der Waals surface area contributed by atoms with Crippen molar-refractivity contribution >= 4 is 15.7 Å². The first kappa shape index (κ1) is 22.2. The zero-order valence-corrected chi connectivity index (χ0v) is 18.3. The second-order valence-corrected chi connectivity index (χ2v) is 10.0. The fourth-order valence-corrected chi connectivity index (χ4v) is 4.92. The Morgan fingerprint density at radius 1 is 1.04 bits per heavy atom. The van der Waals surface area contributed by atoms with Crippen LogP contribution in [0.25, 0.3) is 0 Å². The molecule has 0 aromatic heterocycles. The molecule has 0 spiro atoms. The molecule has 2 rings (SSSR count). The zero-order valence-electron chi connectivity index (χ0n) is 17.5. The molecule has 0 bridgehead atoms. The summed E-state index contributed by atoms with van der Waals surface area (Å²) in [5, 5.41) is 0. The number of unbranched alkanes of at least 4 members (excludes halogenated alkanes) is 3. The van der Waals surface area contributed by atoms with Crippen molar-refractivity contribution in [2.24, 2.45) is 0 Å². The van der Waals surface area contributed by atoms with E-state index in [2.05, 4.69) is 35.6 Å². The Bertz CT molecular complexity index is 665. The van der Waals surface area contributed by atoms with Crippen LogP contribution >= 0.6 is 0 Å². The average molecular weight is 395 g/mol. The zero-order chi connectivity index (χ0) is 19.8. The van der Waals surface area contributed by atoms with Gasteiger partial charge < -0.3 is 4.90 Å². The van der Waals surface area contributed by atoms with Crippen LogP contribution in [-0.4, -0.2) is 38.7 Å². The number of anilines is 1. The summed E-state index contributed by atoms with van der Waals surface area (Å²) in [5.41, 5.74) is 2.18. The molecular formula is C22H38N2O2S. The van der Waals surface area contributed by atoms with Gasteiger partial charge in [-0.2, -0.15) is 0 Å².